The predicted octanol–water partition coefficient (Wildman–Crippen LogP) is 3.47. The number of fused-ring (bicyclic) bond motifs is 1. The van der Waals surface area contributed by atoms with E-state index < -0.39 is 0 Å². The van der Waals surface area contributed by atoms with Gasteiger partial charge >= 0.3 is 0 Å². The average Bonchev–Trinajstić information content (AvgIpc) is 3.14. The monoisotopic (exact) mass is 349 g/mol. The Hall–Kier alpha value is -3.28. The molecule has 1 unspecified atom stereocenters. The average molecular weight is 349 g/mol. The minimum Gasteiger partial charge on any atom is -0.493 e. The second-order valence-corrected chi connectivity index (χ2v) is 6.16. The molecule has 4 rings (SSSR count). The number of hydrogen-bond acceptors (Lipinski definition) is 4. The number of benzene rings is 2. The highest BCUT2D eigenvalue weighted by Crippen LogP contribution is 2.43. The molecular formula is C20H19N3O3. The fourth-order valence-electron chi connectivity index (χ4n) is 3.28. The van der Waals surface area contributed by atoms with Crippen LogP contribution in [-0.4, -0.2) is 23.2 Å². The van der Waals surface area contributed by atoms with E-state index >= 15 is 0 Å². The van der Waals surface area contributed by atoms with Crippen LogP contribution in [0.1, 0.15) is 29.0 Å². The van der Waals surface area contributed by atoms with Crippen LogP contribution < -0.4 is 14.8 Å². The summed E-state index contributed by atoms with van der Waals surface area (Å²) in [5, 5.41) is 9.72. The minimum atomic E-state index is -0.140. The van der Waals surface area contributed by atoms with Crippen molar-refractivity contribution in [3.05, 3.63) is 71.4 Å². The second kappa shape index (κ2) is 6.92. The number of para-hydroxylation sites is 1. The highest BCUT2D eigenvalue weighted by molar-refractivity contribution is 5.94. The van der Waals surface area contributed by atoms with Crippen molar-refractivity contribution in [2.45, 2.75) is 18.9 Å². The van der Waals surface area contributed by atoms with Crippen LogP contribution in [0.2, 0.25) is 0 Å². The standard InChI is InChI=1S/C20H19N3O3/c1-25-17-9-5-8-14(19(17)26-12-13-6-3-2-4-7-13)15-10-18(24)22-20-16(15)11-21-23-20/h2-9,11,15H,10,12H2,1H3,(H2,21,22,23,24). The number of methoxy groups -OCH3 is 1. The number of nitrogens with zero attached hydrogens (tertiary/aromatic N) is 1. The summed E-state index contributed by atoms with van der Waals surface area (Å²) >= 11 is 0. The summed E-state index contributed by atoms with van der Waals surface area (Å²) in [6.07, 6.45) is 2.08. The van der Waals surface area contributed by atoms with Crippen LogP contribution in [0.4, 0.5) is 5.82 Å². The summed E-state index contributed by atoms with van der Waals surface area (Å²) in [6.45, 7) is 0.422. The van der Waals surface area contributed by atoms with E-state index in [1.54, 1.807) is 13.3 Å². The molecule has 6 nitrogen and oxygen atoms in total. The van der Waals surface area contributed by atoms with Crippen molar-refractivity contribution in [1.29, 1.82) is 0 Å². The molecule has 2 N–H and O–H groups in total. The largest absolute Gasteiger partial charge is 0.493 e. The zero-order chi connectivity index (χ0) is 17.9. The summed E-state index contributed by atoms with van der Waals surface area (Å²) in [4.78, 5) is 12.1. The highest BCUT2D eigenvalue weighted by atomic mass is 16.5. The number of H-pyrrole nitrogens is 1. The number of aromatic nitrogens is 2. The van der Waals surface area contributed by atoms with Gasteiger partial charge in [-0.1, -0.05) is 42.5 Å². The molecule has 0 bridgehead atoms. The minimum absolute atomic E-state index is 0.0522. The van der Waals surface area contributed by atoms with Crippen LogP contribution in [0.3, 0.4) is 0 Å². The number of aromatic amines is 1. The lowest BCUT2D eigenvalue weighted by Gasteiger charge is -2.25. The van der Waals surface area contributed by atoms with Crippen LogP contribution in [0.15, 0.2) is 54.7 Å². The summed E-state index contributed by atoms with van der Waals surface area (Å²) in [5.74, 6) is 1.75. The highest BCUT2D eigenvalue weighted by Gasteiger charge is 2.31. The number of carbonyl (C=O) groups is 1. The molecule has 0 fully saturated rings. The maximum absolute atomic E-state index is 12.1. The Morgan fingerprint density at radius 1 is 1.12 bits per heavy atom. The van der Waals surface area contributed by atoms with Crippen LogP contribution in [0, 0.1) is 0 Å². The third-order valence-electron chi connectivity index (χ3n) is 4.53. The second-order valence-electron chi connectivity index (χ2n) is 6.16. The first kappa shape index (κ1) is 16.2. The van der Waals surface area contributed by atoms with Crippen molar-refractivity contribution in [3.8, 4) is 11.5 Å². The molecule has 0 saturated carbocycles. The van der Waals surface area contributed by atoms with E-state index in [4.69, 9.17) is 9.47 Å². The molecule has 1 atom stereocenters. The molecule has 1 aromatic heterocycles. The van der Waals surface area contributed by atoms with Crippen molar-refractivity contribution in [2.24, 2.45) is 0 Å². The van der Waals surface area contributed by atoms with Crippen molar-refractivity contribution in [2.75, 3.05) is 12.4 Å². The maximum atomic E-state index is 12.1. The first-order valence-corrected chi connectivity index (χ1v) is 8.43. The quantitative estimate of drug-likeness (QED) is 0.739. The summed E-state index contributed by atoms with van der Waals surface area (Å²) < 4.78 is 11.7. The van der Waals surface area contributed by atoms with E-state index in [1.807, 2.05) is 48.5 Å². The van der Waals surface area contributed by atoms with E-state index in [0.717, 1.165) is 16.7 Å². The molecular weight excluding hydrogens is 330 g/mol. The normalized spacial score (nSPS) is 15.9. The third-order valence-corrected chi connectivity index (χ3v) is 4.53. The number of rotatable bonds is 5. The zero-order valence-electron chi connectivity index (χ0n) is 14.4. The lowest BCUT2D eigenvalue weighted by molar-refractivity contribution is -0.116. The van der Waals surface area contributed by atoms with E-state index in [-0.39, 0.29) is 11.8 Å². The summed E-state index contributed by atoms with van der Waals surface area (Å²) in [5.41, 5.74) is 2.93. The number of ether oxygens (including phenoxy) is 2. The number of carbonyl (C=O) groups excluding carboxylic acids is 1. The molecule has 0 spiro atoms. The molecule has 0 saturated heterocycles. The molecule has 6 heteroatoms. The molecule has 132 valence electrons. The molecule has 0 aliphatic carbocycles. The van der Waals surface area contributed by atoms with E-state index in [9.17, 15) is 4.79 Å². The summed E-state index contributed by atoms with van der Waals surface area (Å²) in [7, 11) is 1.62. The third kappa shape index (κ3) is 3.01. The van der Waals surface area contributed by atoms with Gasteiger partial charge in [0.05, 0.1) is 13.3 Å². The Morgan fingerprint density at radius 2 is 1.96 bits per heavy atom. The number of amides is 1. The SMILES string of the molecule is COc1cccc(C2CC(=O)Nc3[nH]ncc32)c1OCc1ccccc1. The maximum Gasteiger partial charge on any atom is 0.226 e. The Labute approximate surface area is 151 Å². The molecule has 2 heterocycles. The van der Waals surface area contributed by atoms with Crippen LogP contribution in [0.25, 0.3) is 0 Å². The number of hydrogen-bond donors (Lipinski definition) is 2. The Morgan fingerprint density at radius 3 is 2.77 bits per heavy atom. The van der Waals surface area contributed by atoms with Gasteiger partial charge in [-0.15, -0.1) is 0 Å². The fraction of sp³-hybridized carbons (Fsp3) is 0.200. The first-order chi connectivity index (χ1) is 12.8. The molecule has 1 aliphatic heterocycles. The molecule has 3 aromatic rings. The van der Waals surface area contributed by atoms with Gasteiger partial charge in [-0.2, -0.15) is 5.10 Å². The lowest BCUT2D eigenvalue weighted by Crippen LogP contribution is -2.23. The Bertz CT molecular complexity index is 921. The van der Waals surface area contributed by atoms with Crippen LogP contribution >= 0.6 is 0 Å². The molecule has 2 aromatic carbocycles. The van der Waals surface area contributed by atoms with Gasteiger partial charge in [0.1, 0.15) is 12.4 Å². The molecule has 0 radical (unpaired) electrons. The first-order valence-electron chi connectivity index (χ1n) is 8.43. The van der Waals surface area contributed by atoms with Gasteiger partial charge in [0.2, 0.25) is 5.91 Å². The number of anilines is 1. The van der Waals surface area contributed by atoms with Gasteiger partial charge in [-0.05, 0) is 11.6 Å². The number of nitrogens with one attached hydrogen (secondary N) is 2. The van der Waals surface area contributed by atoms with Gasteiger partial charge in [0, 0.05) is 23.5 Å². The Balaban J connectivity index is 1.72. The van der Waals surface area contributed by atoms with Crippen molar-refractivity contribution >= 4 is 11.7 Å². The smallest absolute Gasteiger partial charge is 0.226 e. The van der Waals surface area contributed by atoms with Gasteiger partial charge < -0.3 is 14.8 Å². The van der Waals surface area contributed by atoms with Crippen molar-refractivity contribution in [1.82, 2.24) is 10.2 Å². The summed E-state index contributed by atoms with van der Waals surface area (Å²) in [6, 6.07) is 15.7. The van der Waals surface area contributed by atoms with Gasteiger partial charge in [0.25, 0.3) is 0 Å². The van der Waals surface area contributed by atoms with Gasteiger partial charge in [-0.3, -0.25) is 9.89 Å². The van der Waals surface area contributed by atoms with Crippen molar-refractivity contribution < 1.29 is 14.3 Å². The molecule has 26 heavy (non-hydrogen) atoms. The van der Waals surface area contributed by atoms with Crippen LogP contribution in [0.5, 0.6) is 11.5 Å². The van der Waals surface area contributed by atoms with Crippen molar-refractivity contribution in [3.63, 3.8) is 0 Å². The van der Waals surface area contributed by atoms with E-state index in [2.05, 4.69) is 15.5 Å². The molecule has 1 aliphatic rings. The fourth-order valence-corrected chi connectivity index (χ4v) is 3.28. The van der Waals surface area contributed by atoms with E-state index in [0.29, 0.717) is 30.3 Å². The predicted molar refractivity (Wildman–Crippen MR) is 97.4 cm³/mol. The topological polar surface area (TPSA) is 76.2 Å². The zero-order valence-corrected chi connectivity index (χ0v) is 14.4. The lowest BCUT2D eigenvalue weighted by atomic mass is 9.86. The van der Waals surface area contributed by atoms with E-state index in [1.165, 1.54) is 0 Å². The van der Waals surface area contributed by atoms with Crippen LogP contribution in [-0.2, 0) is 11.4 Å². The Kier molecular flexibility index (Phi) is 4.31. The van der Waals surface area contributed by atoms with Gasteiger partial charge in [-0.25, -0.2) is 0 Å². The molecule has 1 amide bonds. The van der Waals surface area contributed by atoms with Gasteiger partial charge in [0.15, 0.2) is 11.5 Å².